The predicted molar refractivity (Wildman–Crippen MR) is 91.0 cm³/mol. The molecule has 148 valence electrons. The van der Waals surface area contributed by atoms with Gasteiger partial charge in [-0.3, -0.25) is 9.59 Å². The number of allylic oxidation sites excluding steroid dienone is 1. The Hall–Kier alpha value is -1.28. The van der Waals surface area contributed by atoms with Crippen LogP contribution in [0.25, 0.3) is 0 Å². The summed E-state index contributed by atoms with van der Waals surface area (Å²) in [6.07, 6.45) is -0.917. The van der Waals surface area contributed by atoms with Gasteiger partial charge in [0.25, 0.3) is 0 Å². The molecule has 5 unspecified atom stereocenters. The van der Waals surface area contributed by atoms with Crippen LogP contribution in [-0.4, -0.2) is 57.8 Å². The minimum Gasteiger partial charge on any atom is -0.462 e. The standard InChI is InChI=1S/C20H26O7/c1-8-4-12(21)16(24)18(3)10(8)5-13-19-7-26-20(25,17(18)19)15(23)9(2)11(19)6-14(22)27-13/h4,9-11,13,15-17,23-25H,5-7H2,1-3H3/t9?,10?,11-,13+,15?,16+,17?,18?,19+,20-/m0/s1. The van der Waals surface area contributed by atoms with Crippen LogP contribution in [0.3, 0.4) is 0 Å². The van der Waals surface area contributed by atoms with Gasteiger partial charge < -0.3 is 24.8 Å². The fourth-order valence-corrected chi connectivity index (χ4v) is 7.54. The lowest BCUT2D eigenvalue weighted by molar-refractivity contribution is -0.332. The van der Waals surface area contributed by atoms with Crippen LogP contribution in [0.2, 0.25) is 0 Å². The molecule has 7 heteroatoms. The van der Waals surface area contributed by atoms with E-state index in [4.69, 9.17) is 9.47 Å². The number of hydrogen-bond acceptors (Lipinski definition) is 7. The highest BCUT2D eigenvalue weighted by Gasteiger charge is 2.81. The predicted octanol–water partition coefficient (Wildman–Crippen LogP) is 0.166. The number of aliphatic hydroxyl groups is 3. The van der Waals surface area contributed by atoms with Crippen LogP contribution in [0.5, 0.6) is 0 Å². The zero-order chi connectivity index (χ0) is 19.5. The topological polar surface area (TPSA) is 113 Å². The van der Waals surface area contributed by atoms with Crippen LogP contribution in [0, 0.1) is 34.5 Å². The van der Waals surface area contributed by atoms with Gasteiger partial charge in [0.1, 0.15) is 18.3 Å². The first-order valence-electron chi connectivity index (χ1n) is 9.72. The van der Waals surface area contributed by atoms with E-state index in [1.54, 1.807) is 0 Å². The first-order chi connectivity index (χ1) is 12.6. The Morgan fingerprint density at radius 3 is 2.67 bits per heavy atom. The van der Waals surface area contributed by atoms with E-state index in [-0.39, 0.29) is 42.5 Å². The number of hydrogen-bond donors (Lipinski definition) is 3. The van der Waals surface area contributed by atoms with Gasteiger partial charge in [0, 0.05) is 23.2 Å². The summed E-state index contributed by atoms with van der Waals surface area (Å²) in [5.41, 5.74) is -0.927. The highest BCUT2D eigenvalue weighted by Crippen LogP contribution is 2.73. The van der Waals surface area contributed by atoms with Crippen LogP contribution >= 0.6 is 0 Å². The number of ketones is 1. The summed E-state index contributed by atoms with van der Waals surface area (Å²) in [6, 6.07) is 0. The van der Waals surface area contributed by atoms with Gasteiger partial charge in [0.05, 0.1) is 6.61 Å². The SMILES string of the molecule is CC1=CC(=O)[C@@H](O)C2(C)C1C[C@H]1OC(=O)C[C@H]3C(C)C(O)[C@]4(O)OC[C@]13C24. The zero-order valence-electron chi connectivity index (χ0n) is 15.7. The van der Waals surface area contributed by atoms with E-state index in [0.29, 0.717) is 6.42 Å². The van der Waals surface area contributed by atoms with Crippen LogP contribution in [-0.2, 0) is 19.1 Å². The van der Waals surface area contributed by atoms with Crippen LogP contribution in [0.15, 0.2) is 11.6 Å². The van der Waals surface area contributed by atoms with E-state index < -0.39 is 40.8 Å². The summed E-state index contributed by atoms with van der Waals surface area (Å²) >= 11 is 0. The van der Waals surface area contributed by atoms with E-state index >= 15 is 0 Å². The summed E-state index contributed by atoms with van der Waals surface area (Å²) in [5, 5.41) is 33.5. The third-order valence-corrected chi connectivity index (χ3v) is 8.61. The quantitative estimate of drug-likeness (QED) is 0.515. The van der Waals surface area contributed by atoms with E-state index in [9.17, 15) is 24.9 Å². The van der Waals surface area contributed by atoms with Crippen molar-refractivity contribution >= 4 is 11.8 Å². The first kappa shape index (κ1) is 17.8. The Kier molecular flexibility index (Phi) is 3.30. The number of rotatable bonds is 0. The van der Waals surface area contributed by atoms with Crippen molar-refractivity contribution in [3.05, 3.63) is 11.6 Å². The Bertz CT molecular complexity index is 776. The van der Waals surface area contributed by atoms with E-state index in [2.05, 4.69) is 0 Å². The van der Waals surface area contributed by atoms with Gasteiger partial charge in [0.2, 0.25) is 0 Å². The molecule has 2 aliphatic heterocycles. The molecule has 4 fully saturated rings. The van der Waals surface area contributed by atoms with Crippen molar-refractivity contribution in [3.63, 3.8) is 0 Å². The van der Waals surface area contributed by atoms with Crippen molar-refractivity contribution in [1.29, 1.82) is 0 Å². The molecule has 2 heterocycles. The lowest BCUT2D eigenvalue weighted by atomic mass is 9.38. The summed E-state index contributed by atoms with van der Waals surface area (Å²) in [6.45, 7) is 5.62. The van der Waals surface area contributed by atoms with Gasteiger partial charge in [-0.2, -0.15) is 0 Å². The Balaban J connectivity index is 1.78. The van der Waals surface area contributed by atoms with Crippen molar-refractivity contribution in [2.75, 3.05) is 6.61 Å². The highest BCUT2D eigenvalue weighted by atomic mass is 16.6. The molecule has 27 heavy (non-hydrogen) atoms. The second kappa shape index (κ2) is 5.00. The third-order valence-electron chi connectivity index (χ3n) is 8.61. The number of ether oxygens (including phenoxy) is 2. The minimum atomic E-state index is -1.88. The highest BCUT2D eigenvalue weighted by molar-refractivity contribution is 5.96. The van der Waals surface area contributed by atoms with Gasteiger partial charge in [0.15, 0.2) is 11.6 Å². The molecule has 0 aromatic rings. The molecular formula is C20H26O7. The molecule has 7 nitrogen and oxygen atoms in total. The molecule has 3 N–H and O–H groups in total. The zero-order valence-corrected chi connectivity index (χ0v) is 15.7. The maximum absolute atomic E-state index is 12.5. The molecule has 2 saturated carbocycles. The summed E-state index contributed by atoms with van der Waals surface area (Å²) in [4.78, 5) is 24.9. The van der Waals surface area contributed by atoms with Crippen LogP contribution in [0.4, 0.5) is 0 Å². The molecule has 0 aromatic heterocycles. The van der Waals surface area contributed by atoms with Crippen LogP contribution < -0.4 is 0 Å². The number of carbonyl (C=O) groups is 2. The molecule has 2 saturated heterocycles. The van der Waals surface area contributed by atoms with Gasteiger partial charge >= 0.3 is 5.97 Å². The minimum absolute atomic E-state index is 0.143. The normalized spacial score (nSPS) is 58.9. The Morgan fingerprint density at radius 1 is 1.26 bits per heavy atom. The smallest absolute Gasteiger partial charge is 0.306 e. The second-order valence-electron chi connectivity index (χ2n) is 9.53. The van der Waals surface area contributed by atoms with Crippen LogP contribution in [0.1, 0.15) is 33.6 Å². The summed E-state index contributed by atoms with van der Waals surface area (Å²) in [5.74, 6) is -4.15. The molecule has 3 aliphatic carbocycles. The largest absolute Gasteiger partial charge is 0.462 e. The molecule has 5 rings (SSSR count). The number of carbonyl (C=O) groups excluding carboxylic acids is 2. The van der Waals surface area contributed by atoms with Gasteiger partial charge in [-0.1, -0.05) is 19.4 Å². The van der Waals surface area contributed by atoms with E-state index in [0.717, 1.165) is 5.57 Å². The van der Waals surface area contributed by atoms with Crippen molar-refractivity contribution in [2.45, 2.75) is 57.7 Å². The molecule has 5 aliphatic rings. The Labute approximate surface area is 157 Å². The summed E-state index contributed by atoms with van der Waals surface area (Å²) < 4.78 is 11.6. The fraction of sp³-hybridized carbons (Fsp3) is 0.800. The molecule has 10 atom stereocenters. The molecule has 0 radical (unpaired) electrons. The molecule has 1 spiro atoms. The van der Waals surface area contributed by atoms with Gasteiger partial charge in [-0.25, -0.2) is 0 Å². The fourth-order valence-electron chi connectivity index (χ4n) is 7.54. The van der Waals surface area contributed by atoms with E-state index in [1.165, 1.54) is 6.08 Å². The van der Waals surface area contributed by atoms with Gasteiger partial charge in [-0.05, 0) is 37.2 Å². The van der Waals surface area contributed by atoms with Crippen molar-refractivity contribution in [1.82, 2.24) is 0 Å². The van der Waals surface area contributed by atoms with E-state index in [1.807, 2.05) is 20.8 Å². The molecule has 0 amide bonds. The number of aliphatic hydroxyl groups excluding tert-OH is 2. The molecular weight excluding hydrogens is 352 g/mol. The molecule has 2 bridgehead atoms. The summed E-state index contributed by atoms with van der Waals surface area (Å²) in [7, 11) is 0. The third kappa shape index (κ3) is 1.74. The maximum atomic E-state index is 12.5. The van der Waals surface area contributed by atoms with Crippen molar-refractivity contribution < 1.29 is 34.4 Å². The maximum Gasteiger partial charge on any atom is 0.306 e. The average Bonchev–Trinajstić information content (AvgIpc) is 2.90. The number of esters is 1. The second-order valence-corrected chi connectivity index (χ2v) is 9.53. The van der Waals surface area contributed by atoms with Crippen molar-refractivity contribution in [2.24, 2.45) is 34.5 Å². The number of fused-ring (bicyclic) bond motifs is 1. The lowest BCUT2D eigenvalue weighted by Crippen LogP contribution is -2.75. The average molecular weight is 378 g/mol. The van der Waals surface area contributed by atoms with Gasteiger partial charge in [-0.15, -0.1) is 0 Å². The Morgan fingerprint density at radius 2 is 1.96 bits per heavy atom. The lowest BCUT2D eigenvalue weighted by Gasteiger charge is -2.67. The first-order valence-corrected chi connectivity index (χ1v) is 9.72. The monoisotopic (exact) mass is 378 g/mol. The molecule has 0 aromatic carbocycles. The van der Waals surface area contributed by atoms with Crippen molar-refractivity contribution in [3.8, 4) is 0 Å².